The molecule has 5 heteroatoms. The molecule has 0 aliphatic rings. The highest BCUT2D eigenvalue weighted by Gasteiger charge is 2.13. The van der Waals surface area contributed by atoms with Crippen LogP contribution in [0.2, 0.25) is 0 Å². The summed E-state index contributed by atoms with van der Waals surface area (Å²) in [6, 6.07) is 2.16. The summed E-state index contributed by atoms with van der Waals surface area (Å²) in [6.07, 6.45) is 1.33. The number of amides is 1. The van der Waals surface area contributed by atoms with E-state index in [1.807, 2.05) is 5.38 Å². The first-order chi connectivity index (χ1) is 9.02. The van der Waals surface area contributed by atoms with Crippen LogP contribution in [-0.4, -0.2) is 15.5 Å². The highest BCUT2D eigenvalue weighted by Crippen LogP contribution is 2.28. The first-order valence-electron chi connectivity index (χ1n) is 6.42. The Kier molecular flexibility index (Phi) is 4.04. The Balaban J connectivity index is 2.34. The maximum Gasteiger partial charge on any atom is 0.224 e. The molecule has 102 valence electrons. The molecule has 0 atom stereocenters. The van der Waals surface area contributed by atoms with Crippen molar-refractivity contribution in [2.45, 2.75) is 40.2 Å². The topological polar surface area (TPSA) is 60.9 Å². The lowest BCUT2D eigenvalue weighted by molar-refractivity contribution is -0.117. The summed E-state index contributed by atoms with van der Waals surface area (Å²) in [5, 5.41) is 2.78. The number of aromatic nitrogens is 2. The quantitative estimate of drug-likeness (QED) is 0.913. The molecule has 19 heavy (non-hydrogen) atoms. The van der Waals surface area contributed by atoms with Crippen molar-refractivity contribution in [2.24, 2.45) is 5.73 Å². The largest absolute Gasteiger partial charge is 0.369 e. The van der Waals surface area contributed by atoms with Gasteiger partial charge < -0.3 is 10.3 Å². The van der Waals surface area contributed by atoms with Crippen LogP contribution in [0.4, 0.5) is 0 Å². The van der Waals surface area contributed by atoms with E-state index in [9.17, 15) is 4.79 Å². The average Bonchev–Trinajstić information content (AvgIpc) is 2.88. The summed E-state index contributed by atoms with van der Waals surface area (Å²) < 4.78 is 2.31. The molecule has 0 aliphatic carbocycles. The van der Waals surface area contributed by atoms with E-state index in [1.54, 1.807) is 0 Å². The number of aryl methyl sites for hydroxylation is 1. The second-order valence-corrected chi connectivity index (χ2v) is 5.65. The van der Waals surface area contributed by atoms with Crippen LogP contribution >= 0.6 is 11.3 Å². The fourth-order valence-corrected chi connectivity index (χ4v) is 3.10. The molecule has 0 saturated carbocycles. The molecule has 0 bridgehead atoms. The molecule has 0 radical (unpaired) electrons. The van der Waals surface area contributed by atoms with Crippen molar-refractivity contribution in [3.63, 3.8) is 0 Å². The van der Waals surface area contributed by atoms with E-state index in [4.69, 9.17) is 5.73 Å². The zero-order valence-corrected chi connectivity index (χ0v) is 12.4. The van der Waals surface area contributed by atoms with E-state index in [-0.39, 0.29) is 12.3 Å². The molecule has 2 N–H and O–H groups in total. The van der Waals surface area contributed by atoms with Gasteiger partial charge in [-0.25, -0.2) is 4.98 Å². The number of thiazole rings is 1. The lowest BCUT2D eigenvalue weighted by Crippen LogP contribution is -2.13. The highest BCUT2D eigenvalue weighted by molar-refractivity contribution is 7.10. The number of nitrogens with zero attached hydrogens (tertiary/aromatic N) is 2. The van der Waals surface area contributed by atoms with Gasteiger partial charge in [0.15, 0.2) is 0 Å². The normalized spacial score (nSPS) is 10.9. The van der Waals surface area contributed by atoms with E-state index in [0.717, 1.165) is 29.2 Å². The highest BCUT2D eigenvalue weighted by atomic mass is 32.1. The Morgan fingerprint density at radius 2 is 2.21 bits per heavy atom. The van der Waals surface area contributed by atoms with E-state index in [2.05, 4.69) is 36.4 Å². The minimum atomic E-state index is -0.336. The zero-order valence-electron chi connectivity index (χ0n) is 11.6. The molecule has 4 nitrogen and oxygen atoms in total. The summed E-state index contributed by atoms with van der Waals surface area (Å²) in [5.41, 5.74) is 9.77. The van der Waals surface area contributed by atoms with Gasteiger partial charge in [0.05, 0.1) is 12.1 Å². The van der Waals surface area contributed by atoms with Gasteiger partial charge in [0.2, 0.25) is 5.91 Å². The van der Waals surface area contributed by atoms with Crippen LogP contribution in [0.1, 0.15) is 29.7 Å². The van der Waals surface area contributed by atoms with Gasteiger partial charge in [0.1, 0.15) is 5.01 Å². The fourth-order valence-electron chi connectivity index (χ4n) is 2.29. The Hall–Kier alpha value is -1.62. The van der Waals surface area contributed by atoms with Crippen molar-refractivity contribution in [3.05, 3.63) is 27.8 Å². The standard InChI is InChI=1S/C14H19N3OS/c1-4-5-17-9(2)6-11(10(17)3)12-8-19-14(16-12)7-13(15)18/h6,8H,4-5,7H2,1-3H3,(H2,15,18). The monoisotopic (exact) mass is 277 g/mol. The van der Waals surface area contributed by atoms with Gasteiger partial charge in [-0.3, -0.25) is 4.79 Å². The molecule has 2 heterocycles. The molecular weight excluding hydrogens is 258 g/mol. The number of carbonyl (C=O) groups is 1. The molecule has 1 amide bonds. The first-order valence-corrected chi connectivity index (χ1v) is 7.30. The molecule has 0 fully saturated rings. The molecule has 2 aromatic heterocycles. The first kappa shape index (κ1) is 13.8. The third-order valence-electron chi connectivity index (χ3n) is 3.17. The molecule has 0 aromatic carbocycles. The molecule has 2 aromatic rings. The summed E-state index contributed by atoms with van der Waals surface area (Å²) >= 11 is 1.49. The Morgan fingerprint density at radius 3 is 2.84 bits per heavy atom. The Labute approximate surface area is 117 Å². The molecule has 0 saturated heterocycles. The van der Waals surface area contributed by atoms with Crippen LogP contribution in [0.3, 0.4) is 0 Å². The van der Waals surface area contributed by atoms with Crippen molar-refractivity contribution >= 4 is 17.2 Å². The van der Waals surface area contributed by atoms with E-state index in [1.165, 1.54) is 22.7 Å². The number of primary amides is 1. The lowest BCUT2D eigenvalue weighted by atomic mass is 10.2. The van der Waals surface area contributed by atoms with Crippen molar-refractivity contribution in [3.8, 4) is 11.3 Å². The van der Waals surface area contributed by atoms with Gasteiger partial charge in [-0.1, -0.05) is 6.92 Å². The third-order valence-corrected chi connectivity index (χ3v) is 4.02. The number of carbonyl (C=O) groups excluding carboxylic acids is 1. The SMILES string of the molecule is CCCn1c(C)cc(-c2csc(CC(N)=O)n2)c1C. The van der Waals surface area contributed by atoms with Crippen molar-refractivity contribution in [1.29, 1.82) is 0 Å². The molecule has 2 rings (SSSR count). The van der Waals surface area contributed by atoms with Crippen LogP contribution in [0.5, 0.6) is 0 Å². The molecule has 0 spiro atoms. The van der Waals surface area contributed by atoms with E-state index < -0.39 is 0 Å². The Bertz CT molecular complexity index is 598. The van der Waals surface area contributed by atoms with Crippen LogP contribution in [0.15, 0.2) is 11.4 Å². The van der Waals surface area contributed by atoms with Crippen LogP contribution < -0.4 is 5.73 Å². The predicted molar refractivity (Wildman–Crippen MR) is 78.2 cm³/mol. The maximum absolute atomic E-state index is 10.9. The summed E-state index contributed by atoms with van der Waals surface area (Å²) in [5.74, 6) is -0.336. The summed E-state index contributed by atoms with van der Waals surface area (Å²) in [7, 11) is 0. The maximum atomic E-state index is 10.9. The zero-order chi connectivity index (χ0) is 14.0. The van der Waals surface area contributed by atoms with Gasteiger partial charge in [-0.15, -0.1) is 11.3 Å². The van der Waals surface area contributed by atoms with Gasteiger partial charge >= 0.3 is 0 Å². The number of nitrogens with two attached hydrogens (primary N) is 1. The van der Waals surface area contributed by atoms with Crippen LogP contribution in [0, 0.1) is 13.8 Å². The lowest BCUT2D eigenvalue weighted by Gasteiger charge is -2.07. The fraction of sp³-hybridized carbons (Fsp3) is 0.429. The van der Waals surface area contributed by atoms with Crippen molar-refractivity contribution in [2.75, 3.05) is 0 Å². The third kappa shape index (κ3) is 2.87. The molecule has 0 aliphatic heterocycles. The minimum absolute atomic E-state index is 0.221. The van der Waals surface area contributed by atoms with Crippen molar-refractivity contribution in [1.82, 2.24) is 9.55 Å². The van der Waals surface area contributed by atoms with Gasteiger partial charge in [-0.05, 0) is 26.3 Å². The number of hydrogen-bond acceptors (Lipinski definition) is 3. The molecular formula is C14H19N3OS. The second-order valence-electron chi connectivity index (χ2n) is 4.71. The summed E-state index contributed by atoms with van der Waals surface area (Å²) in [6.45, 7) is 7.43. The van der Waals surface area contributed by atoms with E-state index >= 15 is 0 Å². The average molecular weight is 277 g/mol. The van der Waals surface area contributed by atoms with Gasteiger partial charge in [-0.2, -0.15) is 0 Å². The predicted octanol–water partition coefficient (Wildman–Crippen LogP) is 2.67. The van der Waals surface area contributed by atoms with Gasteiger partial charge in [0, 0.05) is 28.9 Å². The number of rotatable bonds is 5. The van der Waals surface area contributed by atoms with Crippen molar-refractivity contribution < 1.29 is 4.79 Å². The Morgan fingerprint density at radius 1 is 1.47 bits per heavy atom. The molecule has 0 unspecified atom stereocenters. The van der Waals surface area contributed by atoms with Gasteiger partial charge in [0.25, 0.3) is 0 Å². The van der Waals surface area contributed by atoms with Crippen LogP contribution in [0.25, 0.3) is 11.3 Å². The van der Waals surface area contributed by atoms with E-state index in [0.29, 0.717) is 0 Å². The minimum Gasteiger partial charge on any atom is -0.369 e. The number of hydrogen-bond donors (Lipinski definition) is 1. The smallest absolute Gasteiger partial charge is 0.224 e. The second kappa shape index (κ2) is 5.57. The summed E-state index contributed by atoms with van der Waals surface area (Å²) in [4.78, 5) is 15.4. The van der Waals surface area contributed by atoms with Crippen LogP contribution in [-0.2, 0) is 17.8 Å².